The zero-order chi connectivity index (χ0) is 18.6. The molecule has 1 fully saturated rings. The number of ether oxygens (including phenoxy) is 1. The molecule has 0 unspecified atom stereocenters. The number of carbonyl (C=O) groups is 1. The third kappa shape index (κ3) is 5.74. The van der Waals surface area contributed by atoms with E-state index in [1.165, 1.54) is 6.07 Å². The normalized spacial score (nSPS) is 15.6. The van der Waals surface area contributed by atoms with Crippen molar-refractivity contribution in [2.45, 2.75) is 45.3 Å². The van der Waals surface area contributed by atoms with Crippen LogP contribution in [0.25, 0.3) is 0 Å². The second-order valence-electron chi connectivity index (χ2n) is 7.04. The van der Waals surface area contributed by atoms with Crippen molar-refractivity contribution in [1.29, 1.82) is 0 Å². The van der Waals surface area contributed by atoms with Gasteiger partial charge in [-0.15, -0.1) is 0 Å². The average molecular weight is 368 g/mol. The zero-order valence-corrected chi connectivity index (χ0v) is 15.6. The quantitative estimate of drug-likeness (QED) is 0.711. The lowest BCUT2D eigenvalue weighted by Gasteiger charge is -2.34. The van der Waals surface area contributed by atoms with Crippen LogP contribution in [0, 0.1) is 5.82 Å². The van der Waals surface area contributed by atoms with Gasteiger partial charge in [-0.2, -0.15) is 0 Å². The van der Waals surface area contributed by atoms with Crippen LogP contribution in [-0.2, 0) is 4.74 Å². The molecule has 1 heterocycles. The molecule has 8 heteroatoms. The monoisotopic (exact) mass is 368 g/mol. The van der Waals surface area contributed by atoms with Gasteiger partial charge >= 0.3 is 6.09 Å². The molecule has 0 atom stereocenters. The largest absolute Gasteiger partial charge is 0.444 e. The summed E-state index contributed by atoms with van der Waals surface area (Å²) in [5.74, 6) is -0.379. The summed E-state index contributed by atoms with van der Waals surface area (Å²) < 4.78 is 19.6. The van der Waals surface area contributed by atoms with E-state index in [0.29, 0.717) is 37.3 Å². The van der Waals surface area contributed by atoms with Crippen molar-refractivity contribution in [3.8, 4) is 0 Å². The van der Waals surface area contributed by atoms with Gasteiger partial charge in [0, 0.05) is 19.1 Å². The van der Waals surface area contributed by atoms with Crippen LogP contribution in [-0.4, -0.2) is 40.8 Å². The smallest absolute Gasteiger partial charge is 0.410 e. The van der Waals surface area contributed by atoms with E-state index in [0.717, 1.165) is 0 Å². The first-order valence-corrected chi connectivity index (χ1v) is 8.66. The molecular weight excluding hydrogens is 343 g/mol. The number of anilines is 2. The molecule has 1 aliphatic heterocycles. The lowest BCUT2D eigenvalue weighted by Crippen LogP contribution is -2.44. The Bertz CT molecular complexity index is 640. The van der Waals surface area contributed by atoms with E-state index in [1.54, 1.807) is 17.0 Å². The minimum Gasteiger partial charge on any atom is -0.444 e. The number of rotatable bonds is 3. The molecule has 0 bridgehead atoms. The van der Waals surface area contributed by atoms with Crippen LogP contribution < -0.4 is 16.4 Å². The third-order valence-electron chi connectivity index (χ3n) is 3.77. The molecule has 2 rings (SSSR count). The maximum absolute atomic E-state index is 14.2. The van der Waals surface area contributed by atoms with Gasteiger partial charge < -0.3 is 26.0 Å². The number of thiocarbonyl (C=S) groups is 1. The Balaban J connectivity index is 1.96. The van der Waals surface area contributed by atoms with Crippen molar-refractivity contribution in [2.24, 2.45) is 5.73 Å². The third-order valence-corrected chi connectivity index (χ3v) is 3.87. The van der Waals surface area contributed by atoms with Crippen molar-refractivity contribution in [1.82, 2.24) is 4.90 Å². The van der Waals surface area contributed by atoms with Gasteiger partial charge in [0.2, 0.25) is 0 Å². The van der Waals surface area contributed by atoms with E-state index in [2.05, 4.69) is 10.6 Å². The summed E-state index contributed by atoms with van der Waals surface area (Å²) in [7, 11) is 0. The lowest BCUT2D eigenvalue weighted by atomic mass is 10.0. The maximum atomic E-state index is 14.2. The molecule has 1 aromatic carbocycles. The molecule has 25 heavy (non-hydrogen) atoms. The minimum absolute atomic E-state index is 0.0440. The SMILES string of the molecule is CC(C)(C)OC(=O)N1CCC(Nc2c(F)cccc2NC(N)=S)CC1. The summed E-state index contributed by atoms with van der Waals surface area (Å²) in [5, 5.41) is 6.06. The van der Waals surface area contributed by atoms with Gasteiger partial charge in [0.15, 0.2) is 5.11 Å². The predicted octanol–water partition coefficient (Wildman–Crippen LogP) is 3.29. The first-order chi connectivity index (χ1) is 11.7. The first kappa shape index (κ1) is 19.2. The number of piperidine rings is 1. The van der Waals surface area contributed by atoms with Crippen molar-refractivity contribution < 1.29 is 13.9 Å². The number of carbonyl (C=O) groups excluding carboxylic acids is 1. The van der Waals surface area contributed by atoms with E-state index < -0.39 is 5.60 Å². The van der Waals surface area contributed by atoms with Gasteiger partial charge in [-0.05, 0) is 58.0 Å². The molecule has 0 radical (unpaired) electrons. The summed E-state index contributed by atoms with van der Waals surface area (Å²) in [5.41, 5.74) is 5.82. The fourth-order valence-corrected chi connectivity index (χ4v) is 2.75. The Morgan fingerprint density at radius 2 is 2.00 bits per heavy atom. The second-order valence-corrected chi connectivity index (χ2v) is 7.48. The Morgan fingerprint density at radius 3 is 2.56 bits per heavy atom. The number of benzene rings is 1. The molecule has 4 N–H and O–H groups in total. The number of likely N-dealkylation sites (tertiary alicyclic amines) is 1. The van der Waals surface area contributed by atoms with Crippen LogP contribution in [0.3, 0.4) is 0 Å². The standard InChI is InChI=1S/C17H25FN4O2S/c1-17(2,3)24-16(23)22-9-7-11(8-10-22)20-14-12(18)5-4-6-13(14)21-15(19)25/h4-6,11,20H,7-10H2,1-3H3,(H3,19,21,25). The average Bonchev–Trinajstić information content (AvgIpc) is 2.49. The van der Waals surface area contributed by atoms with Crippen LogP contribution in [0.1, 0.15) is 33.6 Å². The maximum Gasteiger partial charge on any atom is 0.410 e. The van der Waals surface area contributed by atoms with Gasteiger partial charge in [0.1, 0.15) is 11.4 Å². The lowest BCUT2D eigenvalue weighted by molar-refractivity contribution is 0.0210. The van der Waals surface area contributed by atoms with Gasteiger partial charge in [0.25, 0.3) is 0 Å². The van der Waals surface area contributed by atoms with Crippen LogP contribution in [0.5, 0.6) is 0 Å². The van der Waals surface area contributed by atoms with Gasteiger partial charge in [-0.25, -0.2) is 9.18 Å². The number of halogens is 1. The summed E-state index contributed by atoms with van der Waals surface area (Å²) in [6.07, 6.45) is 1.08. The van der Waals surface area contributed by atoms with Crippen LogP contribution >= 0.6 is 12.2 Å². The number of nitrogens with zero attached hydrogens (tertiary/aromatic N) is 1. The highest BCUT2D eigenvalue weighted by molar-refractivity contribution is 7.80. The molecule has 1 saturated heterocycles. The number of amides is 1. The van der Waals surface area contributed by atoms with E-state index >= 15 is 0 Å². The van der Waals surface area contributed by atoms with E-state index in [9.17, 15) is 9.18 Å². The Kier molecular flexibility index (Phi) is 6.05. The molecule has 1 aromatic rings. The van der Waals surface area contributed by atoms with Gasteiger partial charge in [-0.1, -0.05) is 6.07 Å². The summed E-state index contributed by atoms with van der Waals surface area (Å²) in [6.45, 7) is 6.63. The van der Waals surface area contributed by atoms with Crippen molar-refractivity contribution >= 4 is 34.8 Å². The zero-order valence-electron chi connectivity index (χ0n) is 14.8. The van der Waals surface area contributed by atoms with E-state index in [-0.39, 0.29) is 23.1 Å². The number of hydrogen-bond donors (Lipinski definition) is 3. The summed E-state index contributed by atoms with van der Waals surface area (Å²) in [6, 6.07) is 4.72. The Hall–Kier alpha value is -2.09. The summed E-state index contributed by atoms with van der Waals surface area (Å²) >= 11 is 4.83. The fourth-order valence-electron chi connectivity index (χ4n) is 2.64. The molecule has 6 nitrogen and oxygen atoms in total. The number of para-hydroxylation sites is 1. The van der Waals surface area contributed by atoms with E-state index in [4.69, 9.17) is 22.7 Å². The van der Waals surface area contributed by atoms with Crippen molar-refractivity contribution in [3.05, 3.63) is 24.0 Å². The highest BCUT2D eigenvalue weighted by Gasteiger charge is 2.27. The molecule has 1 amide bonds. The van der Waals surface area contributed by atoms with Crippen LogP contribution in [0.15, 0.2) is 18.2 Å². The topological polar surface area (TPSA) is 79.6 Å². The predicted molar refractivity (Wildman–Crippen MR) is 101 cm³/mol. The van der Waals surface area contributed by atoms with Gasteiger partial charge in [-0.3, -0.25) is 0 Å². The van der Waals surface area contributed by atoms with Gasteiger partial charge in [0.05, 0.1) is 11.4 Å². The molecular formula is C17H25FN4O2S. The second kappa shape index (κ2) is 7.86. The molecule has 0 aromatic heterocycles. The van der Waals surface area contributed by atoms with E-state index in [1.807, 2.05) is 20.8 Å². The molecule has 0 saturated carbocycles. The molecule has 1 aliphatic rings. The molecule has 0 spiro atoms. The van der Waals surface area contributed by atoms with Crippen LogP contribution in [0.2, 0.25) is 0 Å². The first-order valence-electron chi connectivity index (χ1n) is 8.25. The molecule has 138 valence electrons. The van der Waals surface area contributed by atoms with Crippen molar-refractivity contribution in [3.63, 3.8) is 0 Å². The highest BCUT2D eigenvalue weighted by Crippen LogP contribution is 2.28. The fraction of sp³-hybridized carbons (Fsp3) is 0.529. The van der Waals surface area contributed by atoms with Crippen LogP contribution in [0.4, 0.5) is 20.6 Å². The summed E-state index contributed by atoms with van der Waals surface area (Å²) in [4.78, 5) is 13.8. The number of hydrogen-bond acceptors (Lipinski definition) is 4. The van der Waals surface area contributed by atoms with Crippen molar-refractivity contribution in [2.75, 3.05) is 23.7 Å². The number of nitrogens with two attached hydrogens (primary N) is 1. The highest BCUT2D eigenvalue weighted by atomic mass is 32.1. The molecule has 0 aliphatic carbocycles. The Labute approximate surface area is 152 Å². The minimum atomic E-state index is -0.513. The Morgan fingerprint density at radius 1 is 1.36 bits per heavy atom. The number of nitrogens with one attached hydrogen (secondary N) is 2.